The van der Waals surface area contributed by atoms with Gasteiger partial charge in [-0.05, 0) is 25.1 Å². The van der Waals surface area contributed by atoms with Crippen molar-refractivity contribution in [3.8, 4) is 11.3 Å². The van der Waals surface area contributed by atoms with Crippen LogP contribution in [0.2, 0.25) is 0 Å². The third-order valence-electron chi connectivity index (χ3n) is 2.64. The maximum absolute atomic E-state index is 13.6. The summed E-state index contributed by atoms with van der Waals surface area (Å²) >= 11 is 0. The summed E-state index contributed by atoms with van der Waals surface area (Å²) in [5.41, 5.74) is 0.470. The molecule has 4 nitrogen and oxygen atoms in total. The number of H-pyrrole nitrogens is 1. The van der Waals surface area contributed by atoms with Gasteiger partial charge in [-0.1, -0.05) is 0 Å². The highest BCUT2D eigenvalue weighted by Gasteiger charge is 2.13. The van der Waals surface area contributed by atoms with Crippen LogP contribution in [0.3, 0.4) is 0 Å². The molecule has 0 aliphatic rings. The highest BCUT2D eigenvalue weighted by atomic mass is 19.1. The van der Waals surface area contributed by atoms with Gasteiger partial charge in [0.1, 0.15) is 17.5 Å². The summed E-state index contributed by atoms with van der Waals surface area (Å²) in [4.78, 5) is 17.9. The minimum absolute atomic E-state index is 0.105. The van der Waals surface area contributed by atoms with Gasteiger partial charge in [0.05, 0.1) is 17.9 Å². The second-order valence-corrected chi connectivity index (χ2v) is 4.23. The smallest absolute Gasteiger partial charge is 0.217 e. The third kappa shape index (κ3) is 2.96. The molecule has 100 valence electrons. The molecule has 0 fully saturated rings. The van der Waals surface area contributed by atoms with Crippen LogP contribution >= 0.6 is 0 Å². The second-order valence-electron chi connectivity index (χ2n) is 4.23. The summed E-state index contributed by atoms with van der Waals surface area (Å²) in [6, 6.07) is 2.87. The molecular formula is C13H13F2N3O. The minimum atomic E-state index is -0.538. The minimum Gasteiger partial charge on any atom is -0.347 e. The van der Waals surface area contributed by atoms with Crippen molar-refractivity contribution in [2.75, 3.05) is 0 Å². The monoisotopic (exact) mass is 265 g/mol. The number of halogens is 2. The number of amides is 1. The molecule has 0 spiro atoms. The topological polar surface area (TPSA) is 57.8 Å². The largest absolute Gasteiger partial charge is 0.347 e. The number of benzene rings is 1. The van der Waals surface area contributed by atoms with Crippen molar-refractivity contribution < 1.29 is 13.6 Å². The lowest BCUT2D eigenvalue weighted by Crippen LogP contribution is -2.24. The van der Waals surface area contributed by atoms with Crippen molar-refractivity contribution in [2.45, 2.75) is 19.9 Å². The number of carbonyl (C=O) groups excluding carboxylic acids is 1. The number of nitrogens with zero attached hydrogens (tertiary/aromatic N) is 1. The van der Waals surface area contributed by atoms with Gasteiger partial charge in [-0.3, -0.25) is 4.79 Å². The predicted octanol–water partition coefficient (Wildman–Crippen LogP) is 2.55. The molecule has 6 heteroatoms. The number of nitrogens with one attached hydrogen (secondary N) is 2. The molecule has 19 heavy (non-hydrogen) atoms. The first-order chi connectivity index (χ1) is 8.97. The van der Waals surface area contributed by atoms with Crippen molar-refractivity contribution in [1.82, 2.24) is 15.3 Å². The number of carbonyl (C=O) groups is 1. The first-order valence-corrected chi connectivity index (χ1v) is 5.75. The summed E-state index contributed by atoms with van der Waals surface area (Å²) in [6.07, 6.45) is 1.41. The van der Waals surface area contributed by atoms with Crippen molar-refractivity contribution in [3.63, 3.8) is 0 Å². The summed E-state index contributed by atoms with van der Waals surface area (Å²) in [5.74, 6) is -0.775. The fourth-order valence-corrected chi connectivity index (χ4v) is 1.77. The van der Waals surface area contributed by atoms with Gasteiger partial charge in [0, 0.05) is 12.5 Å². The Balaban J connectivity index is 2.30. The number of imidazole rings is 1. The predicted molar refractivity (Wildman–Crippen MR) is 66.2 cm³/mol. The number of rotatable bonds is 3. The zero-order valence-corrected chi connectivity index (χ0v) is 10.5. The molecule has 1 aromatic carbocycles. The second kappa shape index (κ2) is 5.17. The summed E-state index contributed by atoms with van der Waals surface area (Å²) < 4.78 is 26.7. The van der Waals surface area contributed by atoms with E-state index in [2.05, 4.69) is 15.3 Å². The zero-order chi connectivity index (χ0) is 14.0. The molecule has 0 aliphatic carbocycles. The molecule has 0 saturated carbocycles. The van der Waals surface area contributed by atoms with Crippen LogP contribution in [0.15, 0.2) is 24.4 Å². The van der Waals surface area contributed by atoms with Crippen LogP contribution < -0.4 is 5.32 Å². The lowest BCUT2D eigenvalue weighted by Gasteiger charge is -2.08. The molecule has 1 heterocycles. The van der Waals surface area contributed by atoms with Crippen molar-refractivity contribution >= 4 is 5.91 Å². The van der Waals surface area contributed by atoms with Crippen LogP contribution in [-0.2, 0) is 4.79 Å². The van der Waals surface area contributed by atoms with Gasteiger partial charge in [0.2, 0.25) is 5.91 Å². The van der Waals surface area contributed by atoms with Crippen LogP contribution in [0.4, 0.5) is 8.78 Å². The Morgan fingerprint density at radius 3 is 2.84 bits per heavy atom. The van der Waals surface area contributed by atoms with Gasteiger partial charge in [0.25, 0.3) is 0 Å². The highest BCUT2D eigenvalue weighted by molar-refractivity contribution is 5.73. The molecule has 1 amide bonds. The Labute approximate surface area is 108 Å². The molecule has 0 aliphatic heterocycles. The average Bonchev–Trinajstić information content (AvgIpc) is 2.80. The van der Waals surface area contributed by atoms with E-state index in [1.165, 1.54) is 13.1 Å². The van der Waals surface area contributed by atoms with Gasteiger partial charge in [0.15, 0.2) is 0 Å². The Morgan fingerprint density at radius 1 is 1.42 bits per heavy atom. The van der Waals surface area contributed by atoms with E-state index in [0.717, 1.165) is 18.2 Å². The van der Waals surface area contributed by atoms with E-state index in [9.17, 15) is 13.6 Å². The first-order valence-electron chi connectivity index (χ1n) is 5.75. The molecule has 0 saturated heterocycles. The molecule has 1 aromatic heterocycles. The molecule has 2 N–H and O–H groups in total. The maximum Gasteiger partial charge on any atom is 0.217 e. The molecular weight excluding hydrogens is 252 g/mol. The summed E-state index contributed by atoms with van der Waals surface area (Å²) in [5, 5.41) is 2.65. The lowest BCUT2D eigenvalue weighted by molar-refractivity contribution is -0.119. The van der Waals surface area contributed by atoms with Gasteiger partial charge in [-0.25, -0.2) is 13.8 Å². The number of hydrogen-bond acceptors (Lipinski definition) is 2. The van der Waals surface area contributed by atoms with Crippen molar-refractivity contribution in [2.24, 2.45) is 0 Å². The van der Waals surface area contributed by atoms with Gasteiger partial charge in [-0.2, -0.15) is 0 Å². The zero-order valence-electron chi connectivity index (χ0n) is 10.5. The van der Waals surface area contributed by atoms with E-state index in [0.29, 0.717) is 11.5 Å². The maximum atomic E-state index is 13.6. The van der Waals surface area contributed by atoms with E-state index in [-0.39, 0.29) is 17.5 Å². The van der Waals surface area contributed by atoms with E-state index in [4.69, 9.17) is 0 Å². The number of hydrogen-bond donors (Lipinski definition) is 2. The van der Waals surface area contributed by atoms with Crippen LogP contribution in [0.1, 0.15) is 25.7 Å². The third-order valence-corrected chi connectivity index (χ3v) is 2.64. The van der Waals surface area contributed by atoms with E-state index in [1.807, 2.05) is 0 Å². The fraction of sp³-hybridized carbons (Fsp3) is 0.231. The lowest BCUT2D eigenvalue weighted by atomic mass is 10.1. The highest BCUT2D eigenvalue weighted by Crippen LogP contribution is 2.23. The quantitative estimate of drug-likeness (QED) is 0.896. The summed E-state index contributed by atoms with van der Waals surface area (Å²) in [6.45, 7) is 3.14. The van der Waals surface area contributed by atoms with Crippen molar-refractivity contribution in [3.05, 3.63) is 41.9 Å². The molecule has 0 unspecified atom stereocenters. The number of aromatic nitrogens is 2. The van der Waals surface area contributed by atoms with E-state index in [1.54, 1.807) is 6.92 Å². The Hall–Kier alpha value is -2.24. The Morgan fingerprint density at radius 2 is 2.16 bits per heavy atom. The van der Waals surface area contributed by atoms with E-state index >= 15 is 0 Å². The van der Waals surface area contributed by atoms with Gasteiger partial charge < -0.3 is 10.3 Å². The van der Waals surface area contributed by atoms with Crippen LogP contribution in [0.25, 0.3) is 11.3 Å². The Kier molecular flexibility index (Phi) is 3.59. The molecule has 2 aromatic rings. The van der Waals surface area contributed by atoms with Crippen LogP contribution in [0.5, 0.6) is 0 Å². The average molecular weight is 265 g/mol. The molecule has 1 atom stereocenters. The van der Waals surface area contributed by atoms with Crippen LogP contribution in [0, 0.1) is 11.6 Å². The number of aromatic amines is 1. The van der Waals surface area contributed by atoms with E-state index < -0.39 is 11.6 Å². The summed E-state index contributed by atoms with van der Waals surface area (Å²) in [7, 11) is 0. The fourth-order valence-electron chi connectivity index (χ4n) is 1.77. The SMILES string of the molecule is CC(=O)N[C@H](C)c1ncc(-c2cc(F)ccc2F)[nH]1. The molecule has 0 radical (unpaired) electrons. The normalized spacial score (nSPS) is 12.2. The first kappa shape index (κ1) is 13.2. The molecule has 0 bridgehead atoms. The molecule has 2 rings (SSSR count). The van der Waals surface area contributed by atoms with Gasteiger partial charge in [-0.15, -0.1) is 0 Å². The van der Waals surface area contributed by atoms with Crippen LogP contribution in [-0.4, -0.2) is 15.9 Å². The van der Waals surface area contributed by atoms with Gasteiger partial charge >= 0.3 is 0 Å². The van der Waals surface area contributed by atoms with Crippen molar-refractivity contribution in [1.29, 1.82) is 0 Å². The standard InChI is InChI=1S/C13H13F2N3O/c1-7(17-8(2)19)13-16-6-12(18-13)10-5-9(14)3-4-11(10)15/h3-7H,1-2H3,(H,16,18)(H,17,19)/t7-/m1/s1. The Bertz CT molecular complexity index is 610.